The van der Waals surface area contributed by atoms with E-state index < -0.39 is 0 Å². The molecule has 0 amide bonds. The summed E-state index contributed by atoms with van der Waals surface area (Å²) in [5.74, 6) is 0.594. The van der Waals surface area contributed by atoms with Crippen molar-refractivity contribution in [1.29, 1.82) is 0 Å². The van der Waals surface area contributed by atoms with Gasteiger partial charge < -0.3 is 0 Å². The monoisotopic (exact) mass is 248 g/mol. The van der Waals surface area contributed by atoms with E-state index in [1.807, 2.05) is 0 Å². The van der Waals surface area contributed by atoms with Crippen molar-refractivity contribution in [2.45, 2.75) is 32.6 Å². The van der Waals surface area contributed by atoms with Crippen molar-refractivity contribution < 1.29 is 0 Å². The van der Waals surface area contributed by atoms with Crippen molar-refractivity contribution in [3.8, 4) is 0 Å². The lowest BCUT2D eigenvalue weighted by molar-refractivity contribution is 0.742. The predicted molar refractivity (Wildman–Crippen MR) is 82.5 cm³/mol. The molecule has 1 aliphatic carbocycles. The van der Waals surface area contributed by atoms with Gasteiger partial charge in [0.1, 0.15) is 0 Å². The standard InChI is InChI=1S/C19H20/c1-14-7-8-16(15(2)13-14)9-10-18-12-11-17-5-3-4-6-19(17)18/h3-8,11-13,18H,9-10H2,1-2H3. The van der Waals surface area contributed by atoms with Gasteiger partial charge in [-0.25, -0.2) is 0 Å². The highest BCUT2D eigenvalue weighted by molar-refractivity contribution is 5.62. The topological polar surface area (TPSA) is 0 Å². The summed E-state index contributed by atoms with van der Waals surface area (Å²) < 4.78 is 0. The first-order chi connectivity index (χ1) is 9.24. The largest absolute Gasteiger partial charge is 0.0764 e. The molecule has 0 fully saturated rings. The van der Waals surface area contributed by atoms with Gasteiger partial charge in [-0.3, -0.25) is 0 Å². The molecule has 96 valence electrons. The van der Waals surface area contributed by atoms with Crippen LogP contribution in [0.15, 0.2) is 48.5 Å². The molecule has 0 spiro atoms. The van der Waals surface area contributed by atoms with Crippen LogP contribution in [0, 0.1) is 13.8 Å². The molecule has 2 aromatic carbocycles. The van der Waals surface area contributed by atoms with E-state index in [4.69, 9.17) is 0 Å². The van der Waals surface area contributed by atoms with Gasteiger partial charge in [-0.15, -0.1) is 0 Å². The van der Waals surface area contributed by atoms with Crippen LogP contribution in [0.3, 0.4) is 0 Å². The summed E-state index contributed by atoms with van der Waals surface area (Å²) in [7, 11) is 0. The van der Waals surface area contributed by atoms with Gasteiger partial charge >= 0.3 is 0 Å². The lowest BCUT2D eigenvalue weighted by atomic mass is 9.92. The number of hydrogen-bond acceptors (Lipinski definition) is 0. The lowest BCUT2D eigenvalue weighted by Crippen LogP contribution is -1.98. The molecule has 19 heavy (non-hydrogen) atoms. The first kappa shape index (κ1) is 12.2. The Morgan fingerprint density at radius 1 is 1.00 bits per heavy atom. The van der Waals surface area contributed by atoms with E-state index >= 15 is 0 Å². The van der Waals surface area contributed by atoms with Crippen LogP contribution in [0.4, 0.5) is 0 Å². The molecule has 0 aromatic heterocycles. The molecule has 1 unspecified atom stereocenters. The van der Waals surface area contributed by atoms with E-state index in [2.05, 4.69) is 68.5 Å². The SMILES string of the molecule is Cc1ccc(CCC2C=Cc3ccccc32)c(C)c1. The Morgan fingerprint density at radius 2 is 1.84 bits per heavy atom. The van der Waals surface area contributed by atoms with E-state index in [1.54, 1.807) is 0 Å². The minimum atomic E-state index is 0.594. The van der Waals surface area contributed by atoms with Gasteiger partial charge in [-0.2, -0.15) is 0 Å². The molecular formula is C19H20. The van der Waals surface area contributed by atoms with Gasteiger partial charge in [0.05, 0.1) is 0 Å². The van der Waals surface area contributed by atoms with E-state index in [0.717, 1.165) is 6.42 Å². The molecule has 0 aliphatic heterocycles. The number of rotatable bonds is 3. The molecule has 0 heteroatoms. The van der Waals surface area contributed by atoms with Crippen LogP contribution < -0.4 is 0 Å². The minimum absolute atomic E-state index is 0.594. The fourth-order valence-electron chi connectivity index (χ4n) is 3.01. The van der Waals surface area contributed by atoms with E-state index in [0.29, 0.717) is 5.92 Å². The molecule has 0 N–H and O–H groups in total. The summed E-state index contributed by atoms with van der Waals surface area (Å²) >= 11 is 0. The normalized spacial score (nSPS) is 16.6. The Morgan fingerprint density at radius 3 is 2.68 bits per heavy atom. The Kier molecular flexibility index (Phi) is 3.25. The van der Waals surface area contributed by atoms with Crippen LogP contribution in [0.25, 0.3) is 6.08 Å². The Balaban J connectivity index is 1.73. The average molecular weight is 248 g/mol. The van der Waals surface area contributed by atoms with Crippen molar-refractivity contribution in [1.82, 2.24) is 0 Å². The highest BCUT2D eigenvalue weighted by atomic mass is 14.2. The number of aryl methyl sites for hydroxylation is 3. The molecule has 2 aromatic rings. The summed E-state index contributed by atoms with van der Waals surface area (Å²) in [4.78, 5) is 0. The maximum Gasteiger partial charge on any atom is 0.00303 e. The Labute approximate surface area is 115 Å². The van der Waals surface area contributed by atoms with Crippen molar-refractivity contribution in [2.75, 3.05) is 0 Å². The molecular weight excluding hydrogens is 228 g/mol. The van der Waals surface area contributed by atoms with Crippen LogP contribution in [0.2, 0.25) is 0 Å². The molecule has 0 saturated heterocycles. The molecule has 0 nitrogen and oxygen atoms in total. The van der Waals surface area contributed by atoms with Crippen LogP contribution >= 0.6 is 0 Å². The van der Waals surface area contributed by atoms with E-state index in [1.165, 1.54) is 34.2 Å². The summed E-state index contributed by atoms with van der Waals surface area (Å²) in [6.07, 6.45) is 6.99. The minimum Gasteiger partial charge on any atom is -0.0764 e. The number of benzene rings is 2. The second-order valence-electron chi connectivity index (χ2n) is 5.56. The second-order valence-corrected chi connectivity index (χ2v) is 5.56. The molecule has 1 atom stereocenters. The summed E-state index contributed by atoms with van der Waals surface area (Å²) in [6.45, 7) is 4.38. The van der Waals surface area contributed by atoms with Crippen LogP contribution in [-0.4, -0.2) is 0 Å². The van der Waals surface area contributed by atoms with Crippen LogP contribution in [0.1, 0.15) is 40.2 Å². The first-order valence-electron chi connectivity index (χ1n) is 7.07. The third-order valence-electron chi connectivity index (χ3n) is 4.13. The molecule has 3 rings (SSSR count). The third kappa shape index (κ3) is 2.49. The maximum atomic E-state index is 2.36. The third-order valence-corrected chi connectivity index (χ3v) is 4.13. The smallest absolute Gasteiger partial charge is 0.00303 e. The van der Waals surface area contributed by atoms with Gasteiger partial charge in [0.2, 0.25) is 0 Å². The average Bonchev–Trinajstić information content (AvgIpc) is 2.81. The van der Waals surface area contributed by atoms with Gasteiger partial charge in [0.25, 0.3) is 0 Å². The van der Waals surface area contributed by atoms with E-state index in [-0.39, 0.29) is 0 Å². The lowest BCUT2D eigenvalue weighted by Gasteiger charge is -2.12. The van der Waals surface area contributed by atoms with Crippen LogP contribution in [-0.2, 0) is 6.42 Å². The van der Waals surface area contributed by atoms with Gasteiger partial charge in [-0.1, -0.05) is 60.2 Å². The Hall–Kier alpha value is -1.82. The van der Waals surface area contributed by atoms with Gasteiger partial charge in [0, 0.05) is 5.92 Å². The zero-order valence-electron chi connectivity index (χ0n) is 11.7. The fourth-order valence-corrected chi connectivity index (χ4v) is 3.01. The number of fused-ring (bicyclic) bond motifs is 1. The quantitative estimate of drug-likeness (QED) is 0.713. The zero-order chi connectivity index (χ0) is 13.2. The number of hydrogen-bond donors (Lipinski definition) is 0. The highest BCUT2D eigenvalue weighted by Crippen LogP contribution is 2.33. The molecule has 0 saturated carbocycles. The number of allylic oxidation sites excluding steroid dienone is 1. The van der Waals surface area contributed by atoms with Crippen LogP contribution in [0.5, 0.6) is 0 Å². The van der Waals surface area contributed by atoms with Crippen molar-refractivity contribution in [3.63, 3.8) is 0 Å². The van der Waals surface area contributed by atoms with Crippen molar-refractivity contribution in [3.05, 3.63) is 76.4 Å². The Bertz CT molecular complexity index is 620. The van der Waals surface area contributed by atoms with Gasteiger partial charge in [-0.05, 0) is 48.9 Å². The van der Waals surface area contributed by atoms with Crippen molar-refractivity contribution >= 4 is 6.08 Å². The predicted octanol–water partition coefficient (Wildman–Crippen LogP) is 5.05. The molecule has 0 heterocycles. The summed E-state index contributed by atoms with van der Waals surface area (Å²) in [5.41, 5.74) is 7.16. The first-order valence-corrected chi connectivity index (χ1v) is 7.07. The molecule has 0 radical (unpaired) electrons. The molecule has 1 aliphatic rings. The van der Waals surface area contributed by atoms with Gasteiger partial charge in [0.15, 0.2) is 0 Å². The highest BCUT2D eigenvalue weighted by Gasteiger charge is 2.16. The van der Waals surface area contributed by atoms with Crippen molar-refractivity contribution in [2.24, 2.45) is 0 Å². The fraction of sp³-hybridized carbons (Fsp3) is 0.263. The summed E-state index contributed by atoms with van der Waals surface area (Å²) in [6, 6.07) is 15.5. The second kappa shape index (κ2) is 5.05. The maximum absolute atomic E-state index is 2.36. The molecule has 0 bridgehead atoms. The summed E-state index contributed by atoms with van der Waals surface area (Å²) in [5, 5.41) is 0. The zero-order valence-corrected chi connectivity index (χ0v) is 11.7. The van der Waals surface area contributed by atoms with E-state index in [9.17, 15) is 0 Å².